The second-order valence-corrected chi connectivity index (χ2v) is 13.9. The molecular formula is C35H35F4N4O9P. The van der Waals surface area contributed by atoms with Crippen LogP contribution in [0.25, 0.3) is 0 Å². The Labute approximate surface area is 300 Å². The molecule has 5 rings (SSSR count). The van der Waals surface area contributed by atoms with Crippen LogP contribution in [-0.4, -0.2) is 58.3 Å². The highest BCUT2D eigenvalue weighted by Crippen LogP contribution is 2.40. The minimum absolute atomic E-state index is 0.00199. The Hall–Kier alpha value is -4.96. The van der Waals surface area contributed by atoms with E-state index in [0.29, 0.717) is 23.3 Å². The molecule has 1 aliphatic heterocycles. The van der Waals surface area contributed by atoms with Gasteiger partial charge in [0.15, 0.2) is 6.73 Å². The number of ether oxygens (including phenoxy) is 1. The van der Waals surface area contributed by atoms with Crippen LogP contribution in [0.1, 0.15) is 59.2 Å². The largest absolute Gasteiger partial charge is 0.469 e. The molecule has 3 amide bonds. The molecule has 282 valence electrons. The number of nitrogens with zero attached hydrogens (tertiary/aromatic N) is 2. The van der Waals surface area contributed by atoms with Gasteiger partial charge in [0.2, 0.25) is 18.0 Å². The molecular weight excluding hydrogens is 727 g/mol. The number of hydrogen-bond acceptors (Lipinski definition) is 8. The highest BCUT2D eigenvalue weighted by atomic mass is 31.2. The molecule has 0 radical (unpaired) electrons. The molecule has 0 aromatic heterocycles. The predicted octanol–water partition coefficient (Wildman–Crippen LogP) is 4.74. The number of phosphoric acid groups is 1. The molecule has 0 bridgehead atoms. The number of phosphoric ester groups is 1. The van der Waals surface area contributed by atoms with Gasteiger partial charge < -0.3 is 25.6 Å². The Kier molecular flexibility index (Phi) is 12.1. The molecule has 18 heteroatoms. The fourth-order valence-electron chi connectivity index (χ4n) is 5.96. The summed E-state index contributed by atoms with van der Waals surface area (Å²) in [6.07, 6.45) is -7.29. The summed E-state index contributed by atoms with van der Waals surface area (Å²) in [5.41, 5.74) is 5.71. The molecule has 3 atom stereocenters. The van der Waals surface area contributed by atoms with Gasteiger partial charge in [-0.1, -0.05) is 67.4 Å². The number of carbonyl (C=O) groups is 4. The maximum Gasteiger partial charge on any atom is 0.469 e. The number of carbonyl (C=O) groups excluding carboxylic acids is 4. The number of primary amides is 1. The third kappa shape index (κ3) is 10.6. The summed E-state index contributed by atoms with van der Waals surface area (Å²) in [5.74, 6) is -8.06. The van der Waals surface area contributed by atoms with Crippen LogP contribution in [0.3, 0.4) is 0 Å². The van der Waals surface area contributed by atoms with Crippen molar-refractivity contribution in [3.05, 3.63) is 101 Å². The van der Waals surface area contributed by atoms with Crippen LogP contribution >= 0.6 is 7.82 Å². The topological polar surface area (TPSA) is 198 Å². The van der Waals surface area contributed by atoms with Crippen LogP contribution in [0.2, 0.25) is 0 Å². The zero-order valence-electron chi connectivity index (χ0n) is 27.9. The van der Waals surface area contributed by atoms with E-state index in [2.05, 4.69) is 14.8 Å². The molecule has 3 aromatic carbocycles. The van der Waals surface area contributed by atoms with E-state index in [4.69, 9.17) is 20.3 Å². The number of alkyl halides is 3. The number of esters is 1. The second-order valence-electron chi connectivity index (χ2n) is 12.6. The molecule has 5 N–H and O–H groups in total. The van der Waals surface area contributed by atoms with E-state index in [1.807, 2.05) is 0 Å². The number of aliphatic imine (C=N–C) groups is 1. The van der Waals surface area contributed by atoms with E-state index in [-0.39, 0.29) is 40.4 Å². The monoisotopic (exact) mass is 762 g/mol. The van der Waals surface area contributed by atoms with Crippen molar-refractivity contribution >= 4 is 42.9 Å². The predicted molar refractivity (Wildman–Crippen MR) is 180 cm³/mol. The maximum atomic E-state index is 15.8. The van der Waals surface area contributed by atoms with Gasteiger partial charge >= 0.3 is 20.0 Å². The van der Waals surface area contributed by atoms with Crippen LogP contribution in [0.15, 0.2) is 77.8 Å². The van der Waals surface area contributed by atoms with Crippen molar-refractivity contribution in [1.29, 1.82) is 0 Å². The van der Waals surface area contributed by atoms with Crippen LogP contribution in [0.5, 0.6) is 0 Å². The first-order valence-corrected chi connectivity index (χ1v) is 17.9. The molecule has 0 saturated heterocycles. The van der Waals surface area contributed by atoms with Crippen molar-refractivity contribution in [3.63, 3.8) is 0 Å². The molecule has 3 aromatic rings. The van der Waals surface area contributed by atoms with Crippen molar-refractivity contribution in [2.24, 2.45) is 28.5 Å². The summed E-state index contributed by atoms with van der Waals surface area (Å²) < 4.78 is 77.0. The Bertz CT molecular complexity index is 1940. The number of halogens is 4. The van der Waals surface area contributed by atoms with Crippen molar-refractivity contribution < 1.29 is 60.4 Å². The summed E-state index contributed by atoms with van der Waals surface area (Å²) >= 11 is 0. The molecule has 1 fully saturated rings. The van der Waals surface area contributed by atoms with Gasteiger partial charge in [0.25, 0.3) is 5.91 Å². The van der Waals surface area contributed by atoms with E-state index >= 15 is 4.39 Å². The molecule has 1 heterocycles. The van der Waals surface area contributed by atoms with Crippen molar-refractivity contribution in [2.45, 2.75) is 51.1 Å². The van der Waals surface area contributed by atoms with Gasteiger partial charge in [-0.3, -0.25) is 23.8 Å². The third-order valence-electron chi connectivity index (χ3n) is 8.69. The van der Waals surface area contributed by atoms with Gasteiger partial charge in [-0.15, -0.1) is 0 Å². The Balaban J connectivity index is 1.50. The van der Waals surface area contributed by atoms with Crippen LogP contribution in [0.4, 0.5) is 23.2 Å². The Morgan fingerprint density at radius 2 is 1.72 bits per heavy atom. The minimum atomic E-state index is -4.83. The van der Waals surface area contributed by atoms with Gasteiger partial charge in [-0.2, -0.15) is 13.2 Å². The van der Waals surface area contributed by atoms with E-state index in [9.17, 15) is 36.9 Å². The van der Waals surface area contributed by atoms with E-state index in [1.54, 1.807) is 30.3 Å². The number of anilines is 1. The van der Waals surface area contributed by atoms with Crippen LogP contribution < -0.4 is 16.0 Å². The van der Waals surface area contributed by atoms with E-state index in [1.165, 1.54) is 36.4 Å². The first-order valence-electron chi connectivity index (χ1n) is 16.4. The highest BCUT2D eigenvalue weighted by molar-refractivity contribution is 7.46. The number of amides is 3. The number of fused-ring (bicyclic) bond motifs is 1. The molecule has 2 aliphatic rings. The minimum Gasteiger partial charge on any atom is -0.440 e. The zero-order valence-corrected chi connectivity index (χ0v) is 28.8. The lowest BCUT2D eigenvalue weighted by Crippen LogP contribution is -2.51. The first kappa shape index (κ1) is 39.3. The number of hydrogen-bond donors (Lipinski definition) is 4. The molecule has 53 heavy (non-hydrogen) atoms. The van der Waals surface area contributed by atoms with E-state index in [0.717, 1.165) is 6.07 Å². The lowest BCUT2D eigenvalue weighted by Gasteiger charge is -2.28. The van der Waals surface area contributed by atoms with Crippen molar-refractivity contribution in [2.75, 3.05) is 11.6 Å². The molecule has 13 nitrogen and oxygen atoms in total. The number of para-hydroxylation sites is 1. The molecule has 0 spiro atoms. The summed E-state index contributed by atoms with van der Waals surface area (Å²) in [6, 6.07) is 17.3. The first-order chi connectivity index (χ1) is 25.0. The average Bonchev–Trinajstić information content (AvgIpc) is 3.94. The Morgan fingerprint density at radius 3 is 2.36 bits per heavy atom. The second kappa shape index (κ2) is 16.4. The highest BCUT2D eigenvalue weighted by Gasteiger charge is 2.42. The van der Waals surface area contributed by atoms with Gasteiger partial charge in [0.05, 0.1) is 23.6 Å². The van der Waals surface area contributed by atoms with Crippen molar-refractivity contribution in [1.82, 2.24) is 5.32 Å². The Morgan fingerprint density at radius 1 is 1.02 bits per heavy atom. The van der Waals surface area contributed by atoms with Crippen molar-refractivity contribution in [3.8, 4) is 0 Å². The van der Waals surface area contributed by atoms with Crippen LogP contribution in [0, 0.1) is 23.6 Å². The molecule has 0 unspecified atom stereocenters. The smallest absolute Gasteiger partial charge is 0.440 e. The van der Waals surface area contributed by atoms with Gasteiger partial charge in [0.1, 0.15) is 5.82 Å². The van der Waals surface area contributed by atoms with Crippen LogP contribution in [-0.2, 0) is 34.8 Å². The number of nitrogens with two attached hydrogens (primary N) is 1. The lowest BCUT2D eigenvalue weighted by atomic mass is 9.83. The number of rotatable bonds is 15. The summed E-state index contributed by atoms with van der Waals surface area (Å²) in [5, 5.41) is 2.38. The number of nitrogens with one attached hydrogen (secondary N) is 1. The van der Waals surface area contributed by atoms with Gasteiger partial charge in [-0.05, 0) is 42.5 Å². The summed E-state index contributed by atoms with van der Waals surface area (Å²) in [7, 11) is -4.83. The molecule has 1 aliphatic carbocycles. The average molecular weight is 763 g/mol. The quantitative estimate of drug-likeness (QED) is 0.0961. The van der Waals surface area contributed by atoms with Gasteiger partial charge in [0, 0.05) is 29.4 Å². The maximum absolute atomic E-state index is 15.8. The third-order valence-corrected chi connectivity index (χ3v) is 9.16. The fourth-order valence-corrected chi connectivity index (χ4v) is 6.28. The zero-order chi connectivity index (χ0) is 38.5. The lowest BCUT2D eigenvalue weighted by molar-refractivity contribution is -0.146. The number of benzene rings is 3. The standard InChI is InChI=1S/C35H35F4N4O9P/c36-27-11-5-10-25-28(22-7-2-1-3-8-22)41-31(42-32(45)24(14-15-35(37,38)39)26(30(40)44)17-20-12-13-20)33(46)43(29(25)27)19-51-34(47)23-9-4-6-21(16-23)18-52-53(48,49)50/h1-11,16,20,24,26,31H,12-15,17-19H2,(H2,40,44)(H,42,45)(H2,48,49,50)/t24-,26+,31-/m1/s1. The van der Waals surface area contributed by atoms with Gasteiger partial charge in [-0.25, -0.2) is 18.7 Å². The molecule has 1 saturated carbocycles. The summed E-state index contributed by atoms with van der Waals surface area (Å²) in [6.45, 7) is -1.50. The fraction of sp³-hybridized carbons (Fsp3) is 0.343. The normalized spacial score (nSPS) is 17.2. The van der Waals surface area contributed by atoms with E-state index < -0.39 is 87.7 Å². The SMILES string of the molecule is NC(=O)[C@@H](CC1CC1)[C@@H](CCC(F)(F)F)C(=O)N[C@H]1N=C(c2ccccc2)c2cccc(F)c2N(COC(=O)c2cccc(COP(=O)(O)O)c2)C1=O. The number of benzodiazepines with no additional fused rings is 1. The summed E-state index contributed by atoms with van der Waals surface area (Å²) in [4.78, 5) is 77.0.